The molecule has 13 heavy (non-hydrogen) atoms. The molecule has 0 bridgehead atoms. The monoisotopic (exact) mass is 191 g/mol. The molecule has 4 heteroatoms. The van der Waals surface area contributed by atoms with E-state index in [0.29, 0.717) is 16.4 Å². The summed E-state index contributed by atoms with van der Waals surface area (Å²) in [5, 5.41) is 0.586. The van der Waals surface area contributed by atoms with E-state index < -0.39 is 0 Å². The van der Waals surface area contributed by atoms with Gasteiger partial charge in [0.2, 0.25) is 0 Å². The molecule has 0 fully saturated rings. The van der Waals surface area contributed by atoms with Gasteiger partial charge in [0.15, 0.2) is 0 Å². The molecule has 2 rings (SSSR count). The quantitative estimate of drug-likeness (QED) is 0.694. The predicted molar refractivity (Wildman–Crippen MR) is 50.3 cm³/mol. The van der Waals surface area contributed by atoms with Crippen molar-refractivity contribution in [2.45, 2.75) is 0 Å². The third-order valence-corrected chi connectivity index (χ3v) is 1.87. The summed E-state index contributed by atoms with van der Waals surface area (Å²) in [6, 6.07) is 3.56. The smallest absolute Gasteiger partial charge is 0.109 e. The first-order chi connectivity index (χ1) is 6.38. The normalized spacial score (nSPS) is 9.92. The highest BCUT2D eigenvalue weighted by molar-refractivity contribution is 6.32. The highest BCUT2D eigenvalue weighted by Gasteiger charge is 2.03. The molecule has 0 spiro atoms. The van der Waals surface area contributed by atoms with E-state index in [1.807, 2.05) is 0 Å². The van der Waals surface area contributed by atoms with Crippen LogP contribution in [0.2, 0.25) is 5.02 Å². The van der Waals surface area contributed by atoms with Gasteiger partial charge in [0.25, 0.3) is 0 Å². The zero-order valence-electron chi connectivity index (χ0n) is 6.68. The minimum Gasteiger partial charge on any atom is -0.261 e. The molecule has 0 N–H and O–H groups in total. The van der Waals surface area contributed by atoms with Crippen molar-refractivity contribution in [3.63, 3.8) is 0 Å². The van der Waals surface area contributed by atoms with Crippen LogP contribution in [0.15, 0.2) is 36.9 Å². The maximum Gasteiger partial charge on any atom is 0.109 e. The van der Waals surface area contributed by atoms with Crippen LogP contribution in [0.5, 0.6) is 0 Å². The molecule has 2 aromatic rings. The zero-order chi connectivity index (χ0) is 9.10. The van der Waals surface area contributed by atoms with Gasteiger partial charge in [0, 0.05) is 18.6 Å². The molecule has 2 heterocycles. The van der Waals surface area contributed by atoms with Crippen molar-refractivity contribution in [1.29, 1.82) is 0 Å². The summed E-state index contributed by atoms with van der Waals surface area (Å²) in [4.78, 5) is 12.2. The van der Waals surface area contributed by atoms with Gasteiger partial charge in [-0.25, -0.2) is 0 Å². The standard InChI is InChI=1S/C9H6ClN3/c10-7-2-1-3-13-9(7)8-6-11-4-5-12-8/h1-6H. The second kappa shape index (κ2) is 3.49. The molecule has 0 aliphatic rings. The molecule has 0 saturated carbocycles. The topological polar surface area (TPSA) is 38.7 Å². The maximum atomic E-state index is 5.93. The predicted octanol–water partition coefficient (Wildman–Crippen LogP) is 2.19. The van der Waals surface area contributed by atoms with Crippen LogP contribution in [0.3, 0.4) is 0 Å². The summed E-state index contributed by atoms with van der Waals surface area (Å²) in [6.45, 7) is 0. The lowest BCUT2D eigenvalue weighted by molar-refractivity contribution is 1.18. The summed E-state index contributed by atoms with van der Waals surface area (Å²) < 4.78 is 0. The van der Waals surface area contributed by atoms with Gasteiger partial charge in [-0.15, -0.1) is 0 Å². The molecule has 0 saturated heterocycles. The number of nitrogens with zero attached hydrogens (tertiary/aromatic N) is 3. The fraction of sp³-hybridized carbons (Fsp3) is 0. The van der Waals surface area contributed by atoms with Crippen LogP contribution in [0.1, 0.15) is 0 Å². The van der Waals surface area contributed by atoms with E-state index in [2.05, 4.69) is 15.0 Å². The van der Waals surface area contributed by atoms with Gasteiger partial charge >= 0.3 is 0 Å². The largest absolute Gasteiger partial charge is 0.261 e. The molecule has 0 aliphatic heterocycles. The van der Waals surface area contributed by atoms with Crippen LogP contribution >= 0.6 is 11.6 Å². The van der Waals surface area contributed by atoms with Gasteiger partial charge < -0.3 is 0 Å². The summed E-state index contributed by atoms with van der Waals surface area (Å²) in [5.74, 6) is 0. The van der Waals surface area contributed by atoms with Gasteiger partial charge in [0.1, 0.15) is 11.4 Å². The van der Waals surface area contributed by atoms with Crippen LogP contribution < -0.4 is 0 Å². The maximum absolute atomic E-state index is 5.93. The second-order valence-electron chi connectivity index (χ2n) is 2.42. The van der Waals surface area contributed by atoms with E-state index in [4.69, 9.17) is 11.6 Å². The minimum absolute atomic E-state index is 0.586. The Morgan fingerprint density at radius 2 is 2.00 bits per heavy atom. The fourth-order valence-electron chi connectivity index (χ4n) is 0.996. The molecule has 0 aliphatic carbocycles. The molecular weight excluding hydrogens is 186 g/mol. The Morgan fingerprint density at radius 3 is 2.69 bits per heavy atom. The Hall–Kier alpha value is -1.48. The lowest BCUT2D eigenvalue weighted by Gasteiger charge is -1.99. The Balaban J connectivity index is 2.54. The first kappa shape index (κ1) is 8.13. The lowest BCUT2D eigenvalue weighted by Crippen LogP contribution is -1.87. The third kappa shape index (κ3) is 1.65. The van der Waals surface area contributed by atoms with Crippen molar-refractivity contribution in [1.82, 2.24) is 15.0 Å². The molecule has 0 aromatic carbocycles. The molecule has 2 aromatic heterocycles. The van der Waals surface area contributed by atoms with Crippen molar-refractivity contribution in [2.75, 3.05) is 0 Å². The molecule has 3 nitrogen and oxygen atoms in total. The van der Waals surface area contributed by atoms with E-state index in [9.17, 15) is 0 Å². The molecule has 64 valence electrons. The third-order valence-electron chi connectivity index (χ3n) is 1.56. The molecular formula is C9H6ClN3. The first-order valence-electron chi connectivity index (χ1n) is 3.75. The summed E-state index contributed by atoms with van der Waals surface area (Å²) in [6.07, 6.45) is 6.53. The van der Waals surface area contributed by atoms with E-state index in [0.717, 1.165) is 0 Å². The van der Waals surface area contributed by atoms with E-state index >= 15 is 0 Å². The van der Waals surface area contributed by atoms with Crippen LogP contribution in [0, 0.1) is 0 Å². The summed E-state index contributed by atoms with van der Waals surface area (Å²) >= 11 is 5.93. The van der Waals surface area contributed by atoms with E-state index in [1.54, 1.807) is 36.9 Å². The Bertz CT molecular complexity index is 403. The van der Waals surface area contributed by atoms with E-state index in [1.165, 1.54) is 0 Å². The summed E-state index contributed by atoms with van der Waals surface area (Å²) in [5.41, 5.74) is 1.35. The molecule has 0 unspecified atom stereocenters. The number of halogens is 1. The van der Waals surface area contributed by atoms with Gasteiger partial charge in [0.05, 0.1) is 11.2 Å². The van der Waals surface area contributed by atoms with Crippen molar-refractivity contribution in [2.24, 2.45) is 0 Å². The fourth-order valence-corrected chi connectivity index (χ4v) is 1.21. The zero-order valence-corrected chi connectivity index (χ0v) is 7.44. The first-order valence-corrected chi connectivity index (χ1v) is 4.12. The highest BCUT2D eigenvalue weighted by Crippen LogP contribution is 2.21. The minimum atomic E-state index is 0.586. The lowest BCUT2D eigenvalue weighted by atomic mass is 10.3. The van der Waals surface area contributed by atoms with Crippen LogP contribution in [0.4, 0.5) is 0 Å². The van der Waals surface area contributed by atoms with Gasteiger partial charge in [-0.05, 0) is 12.1 Å². The second-order valence-corrected chi connectivity index (χ2v) is 2.83. The van der Waals surface area contributed by atoms with Crippen molar-refractivity contribution < 1.29 is 0 Å². The number of hydrogen-bond donors (Lipinski definition) is 0. The highest BCUT2D eigenvalue weighted by atomic mass is 35.5. The summed E-state index contributed by atoms with van der Waals surface area (Å²) in [7, 11) is 0. The average Bonchev–Trinajstić information content (AvgIpc) is 2.20. The van der Waals surface area contributed by atoms with Crippen molar-refractivity contribution in [3.8, 4) is 11.4 Å². The molecule has 0 radical (unpaired) electrons. The Kier molecular flexibility index (Phi) is 2.19. The van der Waals surface area contributed by atoms with Crippen LogP contribution in [-0.2, 0) is 0 Å². The van der Waals surface area contributed by atoms with Crippen molar-refractivity contribution in [3.05, 3.63) is 41.9 Å². The number of rotatable bonds is 1. The van der Waals surface area contributed by atoms with Crippen LogP contribution in [-0.4, -0.2) is 15.0 Å². The number of hydrogen-bond acceptors (Lipinski definition) is 3. The SMILES string of the molecule is Clc1cccnc1-c1cnccn1. The van der Waals surface area contributed by atoms with Crippen LogP contribution in [0.25, 0.3) is 11.4 Å². The Labute approximate surface area is 80.5 Å². The van der Waals surface area contributed by atoms with Gasteiger partial charge in [-0.3, -0.25) is 15.0 Å². The average molecular weight is 192 g/mol. The number of aromatic nitrogens is 3. The van der Waals surface area contributed by atoms with Gasteiger partial charge in [-0.2, -0.15) is 0 Å². The molecule has 0 amide bonds. The Morgan fingerprint density at radius 1 is 1.08 bits per heavy atom. The van der Waals surface area contributed by atoms with E-state index in [-0.39, 0.29) is 0 Å². The van der Waals surface area contributed by atoms with Gasteiger partial charge in [-0.1, -0.05) is 11.6 Å². The van der Waals surface area contributed by atoms with Crippen molar-refractivity contribution >= 4 is 11.6 Å². The molecule has 0 atom stereocenters. The number of pyridine rings is 1.